The predicted molar refractivity (Wildman–Crippen MR) is 71.0 cm³/mol. The number of carbonyl (C=O) groups is 1. The van der Waals surface area contributed by atoms with Gasteiger partial charge in [0.05, 0.1) is 12.2 Å². The number of hydrogen-bond donors (Lipinski definition) is 0. The maximum atomic E-state index is 11.6. The fraction of sp³-hybridized carbons (Fsp3) is 0.400. The molecule has 1 rings (SSSR count). The molecule has 1 aromatic rings. The van der Waals surface area contributed by atoms with Crippen LogP contribution in [0.4, 0.5) is 0 Å². The number of hydrogen-bond acceptors (Lipinski definition) is 2. The van der Waals surface area contributed by atoms with Gasteiger partial charge >= 0.3 is 5.97 Å². The van der Waals surface area contributed by atoms with Crippen molar-refractivity contribution >= 4 is 12.0 Å². The Bertz CT molecular complexity index is 352. The summed E-state index contributed by atoms with van der Waals surface area (Å²) < 4.78 is 5.18. The maximum absolute atomic E-state index is 11.6. The highest BCUT2D eigenvalue weighted by Crippen LogP contribution is 2.07. The van der Waals surface area contributed by atoms with Gasteiger partial charge in [-0.2, -0.15) is 0 Å². The summed E-state index contributed by atoms with van der Waals surface area (Å²) in [5.41, 5.74) is 1.61. The molecule has 2 heteroatoms. The van der Waals surface area contributed by atoms with Crippen LogP contribution in [0.1, 0.15) is 48.5 Å². The first-order valence-corrected chi connectivity index (χ1v) is 6.17. The number of unbranched alkanes of at least 4 members (excludes halogenated alkanes) is 3. The minimum atomic E-state index is -0.239. The Labute approximate surface area is 103 Å². The van der Waals surface area contributed by atoms with Gasteiger partial charge in [-0.3, -0.25) is 0 Å². The quantitative estimate of drug-likeness (QED) is 0.523. The molecule has 0 aliphatic rings. The van der Waals surface area contributed by atoms with Gasteiger partial charge in [-0.15, -0.1) is 0 Å². The smallest absolute Gasteiger partial charge is 0.338 e. The third-order valence-electron chi connectivity index (χ3n) is 2.61. The van der Waals surface area contributed by atoms with E-state index in [4.69, 9.17) is 4.74 Å². The molecule has 0 atom stereocenters. The summed E-state index contributed by atoms with van der Waals surface area (Å²) in [5, 5.41) is 0. The molecule has 0 heterocycles. The molecular formula is C15H20O2. The third kappa shape index (κ3) is 4.85. The molecule has 0 unspecified atom stereocenters. The first kappa shape index (κ1) is 13.5. The van der Waals surface area contributed by atoms with E-state index in [0.717, 1.165) is 18.4 Å². The Morgan fingerprint density at radius 3 is 2.53 bits per heavy atom. The number of rotatable bonds is 7. The zero-order valence-electron chi connectivity index (χ0n) is 10.4. The molecule has 0 saturated heterocycles. The van der Waals surface area contributed by atoms with Crippen LogP contribution in [0.25, 0.3) is 6.08 Å². The van der Waals surface area contributed by atoms with Gasteiger partial charge in [0.1, 0.15) is 0 Å². The zero-order chi connectivity index (χ0) is 12.5. The average Bonchev–Trinajstić information content (AvgIpc) is 2.38. The maximum Gasteiger partial charge on any atom is 0.338 e. The van der Waals surface area contributed by atoms with Crippen molar-refractivity contribution < 1.29 is 9.53 Å². The third-order valence-corrected chi connectivity index (χ3v) is 2.61. The second-order valence-corrected chi connectivity index (χ2v) is 4.02. The largest absolute Gasteiger partial charge is 0.462 e. The molecule has 17 heavy (non-hydrogen) atoms. The van der Waals surface area contributed by atoms with E-state index in [1.165, 1.54) is 12.8 Å². The highest BCUT2D eigenvalue weighted by molar-refractivity contribution is 5.89. The lowest BCUT2D eigenvalue weighted by molar-refractivity contribution is 0.0498. The van der Waals surface area contributed by atoms with Crippen LogP contribution >= 0.6 is 0 Å². The Morgan fingerprint density at radius 1 is 1.24 bits per heavy atom. The SMILES string of the molecule is C=Cc1ccc(C(=O)OCCCCCC)cc1. The van der Waals surface area contributed by atoms with Gasteiger partial charge in [-0.05, 0) is 24.1 Å². The Kier molecular flexibility index (Phi) is 6.08. The molecule has 0 aliphatic heterocycles. The van der Waals surface area contributed by atoms with Crippen molar-refractivity contribution in [2.24, 2.45) is 0 Å². The topological polar surface area (TPSA) is 26.3 Å². The van der Waals surface area contributed by atoms with E-state index in [1.54, 1.807) is 18.2 Å². The lowest BCUT2D eigenvalue weighted by Crippen LogP contribution is -2.06. The number of ether oxygens (including phenoxy) is 1. The van der Waals surface area contributed by atoms with Crippen molar-refractivity contribution in [2.75, 3.05) is 6.61 Å². The second-order valence-electron chi connectivity index (χ2n) is 4.02. The highest BCUT2D eigenvalue weighted by Gasteiger charge is 2.05. The zero-order valence-corrected chi connectivity index (χ0v) is 10.4. The number of carbonyl (C=O) groups excluding carboxylic acids is 1. The van der Waals surface area contributed by atoms with Crippen LogP contribution in [0.15, 0.2) is 30.8 Å². The molecule has 0 bridgehead atoms. The Balaban J connectivity index is 2.33. The van der Waals surface area contributed by atoms with E-state index in [9.17, 15) is 4.79 Å². The fourth-order valence-electron chi connectivity index (χ4n) is 1.53. The van der Waals surface area contributed by atoms with Crippen molar-refractivity contribution in [3.05, 3.63) is 42.0 Å². The summed E-state index contributed by atoms with van der Waals surface area (Å²) >= 11 is 0. The van der Waals surface area contributed by atoms with E-state index < -0.39 is 0 Å². The van der Waals surface area contributed by atoms with Crippen LogP contribution in [0, 0.1) is 0 Å². The van der Waals surface area contributed by atoms with Gasteiger partial charge in [0.2, 0.25) is 0 Å². The van der Waals surface area contributed by atoms with Crippen LogP contribution < -0.4 is 0 Å². The Hall–Kier alpha value is -1.57. The summed E-state index contributed by atoms with van der Waals surface area (Å²) in [6.45, 7) is 6.34. The minimum Gasteiger partial charge on any atom is -0.462 e. The van der Waals surface area contributed by atoms with Crippen molar-refractivity contribution in [3.63, 3.8) is 0 Å². The summed E-state index contributed by atoms with van der Waals surface area (Å²) in [7, 11) is 0. The highest BCUT2D eigenvalue weighted by atomic mass is 16.5. The number of benzene rings is 1. The van der Waals surface area contributed by atoms with E-state index in [1.807, 2.05) is 12.1 Å². The normalized spacial score (nSPS) is 9.94. The van der Waals surface area contributed by atoms with Crippen LogP contribution in [-0.4, -0.2) is 12.6 Å². The first-order chi connectivity index (χ1) is 8.27. The summed E-state index contributed by atoms with van der Waals surface area (Å²) in [4.78, 5) is 11.6. The number of esters is 1. The molecule has 0 spiro atoms. The van der Waals surface area contributed by atoms with Crippen LogP contribution in [0.5, 0.6) is 0 Å². The van der Waals surface area contributed by atoms with Crippen LogP contribution in [0.2, 0.25) is 0 Å². The van der Waals surface area contributed by atoms with E-state index in [0.29, 0.717) is 12.2 Å². The standard InChI is InChI=1S/C15H20O2/c1-3-5-6-7-12-17-15(16)14-10-8-13(4-2)9-11-14/h4,8-11H,2-3,5-7,12H2,1H3. The molecule has 0 aromatic heterocycles. The summed E-state index contributed by atoms with van der Waals surface area (Å²) in [6, 6.07) is 7.26. The average molecular weight is 232 g/mol. The van der Waals surface area contributed by atoms with Gasteiger partial charge < -0.3 is 4.74 Å². The van der Waals surface area contributed by atoms with Crippen LogP contribution in [0.3, 0.4) is 0 Å². The second kappa shape index (κ2) is 7.66. The molecule has 0 N–H and O–H groups in total. The summed E-state index contributed by atoms with van der Waals surface area (Å²) in [6.07, 6.45) is 6.21. The van der Waals surface area contributed by atoms with Crippen LogP contribution in [-0.2, 0) is 4.74 Å². The van der Waals surface area contributed by atoms with Gasteiger partial charge in [-0.25, -0.2) is 4.79 Å². The lowest BCUT2D eigenvalue weighted by atomic mass is 10.1. The van der Waals surface area contributed by atoms with E-state index >= 15 is 0 Å². The molecule has 0 radical (unpaired) electrons. The molecule has 92 valence electrons. The predicted octanol–water partition coefficient (Wildman–Crippen LogP) is 4.07. The van der Waals surface area contributed by atoms with Crippen molar-refractivity contribution in [1.82, 2.24) is 0 Å². The molecule has 0 amide bonds. The van der Waals surface area contributed by atoms with Gasteiger partial charge in [0, 0.05) is 0 Å². The molecular weight excluding hydrogens is 212 g/mol. The summed E-state index contributed by atoms with van der Waals surface area (Å²) in [5.74, 6) is -0.239. The van der Waals surface area contributed by atoms with Crippen molar-refractivity contribution in [2.45, 2.75) is 32.6 Å². The first-order valence-electron chi connectivity index (χ1n) is 6.17. The molecule has 2 nitrogen and oxygen atoms in total. The van der Waals surface area contributed by atoms with Gasteiger partial charge in [0.15, 0.2) is 0 Å². The lowest BCUT2D eigenvalue weighted by Gasteiger charge is -2.04. The monoisotopic (exact) mass is 232 g/mol. The van der Waals surface area contributed by atoms with E-state index in [-0.39, 0.29) is 5.97 Å². The molecule has 0 fully saturated rings. The Morgan fingerprint density at radius 2 is 1.94 bits per heavy atom. The molecule has 1 aromatic carbocycles. The minimum absolute atomic E-state index is 0.239. The molecule has 0 aliphatic carbocycles. The fourth-order valence-corrected chi connectivity index (χ4v) is 1.53. The molecule has 0 saturated carbocycles. The van der Waals surface area contributed by atoms with Crippen molar-refractivity contribution in [3.8, 4) is 0 Å². The van der Waals surface area contributed by atoms with Gasteiger partial charge in [0.25, 0.3) is 0 Å². The van der Waals surface area contributed by atoms with Gasteiger partial charge in [-0.1, -0.05) is 51.0 Å². The van der Waals surface area contributed by atoms with Crippen molar-refractivity contribution in [1.29, 1.82) is 0 Å². The van der Waals surface area contributed by atoms with E-state index in [2.05, 4.69) is 13.5 Å².